The molecule has 2 aromatic rings. The highest BCUT2D eigenvalue weighted by molar-refractivity contribution is 6.49. The molecule has 0 atom stereocenters. The first kappa shape index (κ1) is 11.3. The van der Waals surface area contributed by atoms with Gasteiger partial charge in [-0.15, -0.1) is 0 Å². The number of carbonyl (C=O) groups excluding carboxylic acids is 2. The molecule has 0 saturated carbocycles. The first-order valence-corrected chi connectivity index (χ1v) is 5.18. The fourth-order valence-electron chi connectivity index (χ4n) is 1.53. The molecule has 2 aromatic carbocycles. The second-order valence-corrected chi connectivity index (χ2v) is 3.65. The van der Waals surface area contributed by atoms with Crippen molar-refractivity contribution in [3.8, 4) is 0 Å². The van der Waals surface area contributed by atoms with E-state index in [9.17, 15) is 9.59 Å². The van der Waals surface area contributed by atoms with E-state index in [-0.39, 0.29) is 0 Å². The van der Waals surface area contributed by atoms with Crippen molar-refractivity contribution >= 4 is 24.9 Å². The summed E-state index contributed by atoms with van der Waals surface area (Å²) in [6, 6.07) is 14.9. The SMILES string of the molecule is [B]c1cccc(C(=O)C(=O)c2ccccc2)c1. The molecule has 0 unspecified atom stereocenters. The quantitative estimate of drug-likeness (QED) is 0.446. The molecule has 0 aliphatic rings. The molecule has 0 aromatic heterocycles. The first-order valence-electron chi connectivity index (χ1n) is 5.18. The van der Waals surface area contributed by atoms with Crippen molar-refractivity contribution in [2.45, 2.75) is 0 Å². The van der Waals surface area contributed by atoms with Crippen LogP contribution in [0.1, 0.15) is 20.7 Å². The van der Waals surface area contributed by atoms with Gasteiger partial charge in [0.05, 0.1) is 0 Å². The average molecular weight is 220 g/mol. The van der Waals surface area contributed by atoms with Gasteiger partial charge in [-0.2, -0.15) is 0 Å². The molecule has 17 heavy (non-hydrogen) atoms. The molecule has 0 bridgehead atoms. The van der Waals surface area contributed by atoms with Gasteiger partial charge in [0.15, 0.2) is 0 Å². The van der Waals surface area contributed by atoms with Crippen LogP contribution in [0.5, 0.6) is 0 Å². The summed E-state index contributed by atoms with van der Waals surface area (Å²) in [6.07, 6.45) is 0. The molecule has 2 nitrogen and oxygen atoms in total. The molecule has 0 N–H and O–H groups in total. The highest BCUT2D eigenvalue weighted by Gasteiger charge is 2.17. The van der Waals surface area contributed by atoms with Gasteiger partial charge < -0.3 is 0 Å². The molecule has 0 aliphatic carbocycles. The maximum Gasteiger partial charge on any atom is 0.233 e. The molecule has 0 aliphatic heterocycles. The summed E-state index contributed by atoms with van der Waals surface area (Å²) >= 11 is 0. The predicted octanol–water partition coefficient (Wildman–Crippen LogP) is 1.55. The van der Waals surface area contributed by atoms with Gasteiger partial charge in [0, 0.05) is 11.1 Å². The Hall–Kier alpha value is -2.16. The van der Waals surface area contributed by atoms with Gasteiger partial charge >= 0.3 is 0 Å². The lowest BCUT2D eigenvalue weighted by Crippen LogP contribution is -2.16. The number of benzene rings is 2. The Morgan fingerprint density at radius 3 is 2.00 bits per heavy atom. The molecule has 0 fully saturated rings. The molecule has 0 spiro atoms. The summed E-state index contributed by atoms with van der Waals surface area (Å²) in [5.74, 6) is -1.06. The maximum atomic E-state index is 11.9. The number of carbonyl (C=O) groups is 2. The standard InChI is InChI=1S/C14H9BO2/c15-12-8-4-7-11(9-12)14(17)13(16)10-5-2-1-3-6-10/h1-9H. The third-order valence-corrected chi connectivity index (χ3v) is 2.39. The van der Waals surface area contributed by atoms with Crippen molar-refractivity contribution in [2.24, 2.45) is 0 Å². The Labute approximate surface area is 101 Å². The zero-order valence-electron chi connectivity index (χ0n) is 9.09. The molecule has 0 saturated heterocycles. The van der Waals surface area contributed by atoms with Gasteiger partial charge in [-0.05, 0) is 0 Å². The fourth-order valence-corrected chi connectivity index (χ4v) is 1.53. The van der Waals surface area contributed by atoms with Crippen molar-refractivity contribution in [3.05, 3.63) is 65.7 Å². The van der Waals surface area contributed by atoms with Crippen LogP contribution in [0.25, 0.3) is 0 Å². The summed E-state index contributed by atoms with van der Waals surface area (Å²) in [5.41, 5.74) is 1.18. The van der Waals surface area contributed by atoms with Crippen LogP contribution in [-0.4, -0.2) is 19.4 Å². The predicted molar refractivity (Wildman–Crippen MR) is 66.9 cm³/mol. The van der Waals surface area contributed by atoms with E-state index in [1.165, 1.54) is 6.07 Å². The van der Waals surface area contributed by atoms with Gasteiger partial charge in [-0.1, -0.05) is 60.1 Å². The van der Waals surface area contributed by atoms with Crippen LogP contribution in [0.4, 0.5) is 0 Å². The molecular formula is C14H9BO2. The largest absolute Gasteiger partial charge is 0.285 e. The van der Waals surface area contributed by atoms with E-state index < -0.39 is 11.6 Å². The zero-order chi connectivity index (χ0) is 12.3. The fraction of sp³-hybridized carbons (Fsp3) is 0. The van der Waals surface area contributed by atoms with Gasteiger partial charge in [0.2, 0.25) is 11.6 Å². The maximum absolute atomic E-state index is 11.9. The van der Waals surface area contributed by atoms with Crippen LogP contribution in [0.15, 0.2) is 54.6 Å². The van der Waals surface area contributed by atoms with Gasteiger partial charge in [-0.3, -0.25) is 9.59 Å². The topological polar surface area (TPSA) is 34.1 Å². The van der Waals surface area contributed by atoms with Crippen molar-refractivity contribution in [2.75, 3.05) is 0 Å². The lowest BCUT2D eigenvalue weighted by molar-refractivity contribution is 0.0817. The van der Waals surface area contributed by atoms with Crippen molar-refractivity contribution in [1.82, 2.24) is 0 Å². The Morgan fingerprint density at radius 2 is 1.35 bits per heavy atom. The molecule has 0 amide bonds. The van der Waals surface area contributed by atoms with E-state index in [4.69, 9.17) is 7.85 Å². The van der Waals surface area contributed by atoms with E-state index in [1.54, 1.807) is 48.5 Å². The minimum absolute atomic E-state index is 0.318. The summed E-state index contributed by atoms with van der Waals surface area (Å²) in [5, 5.41) is 0. The Kier molecular flexibility index (Phi) is 3.19. The van der Waals surface area contributed by atoms with Crippen LogP contribution >= 0.6 is 0 Å². The molecular weight excluding hydrogens is 211 g/mol. The first-order chi connectivity index (χ1) is 8.18. The lowest BCUT2D eigenvalue weighted by atomic mass is 9.92. The Morgan fingerprint density at radius 1 is 0.765 bits per heavy atom. The number of rotatable bonds is 3. The van der Waals surface area contributed by atoms with E-state index in [1.807, 2.05) is 0 Å². The monoisotopic (exact) mass is 220 g/mol. The smallest absolute Gasteiger partial charge is 0.233 e. The van der Waals surface area contributed by atoms with E-state index >= 15 is 0 Å². The Balaban J connectivity index is 2.30. The zero-order valence-corrected chi connectivity index (χ0v) is 9.09. The minimum atomic E-state index is -0.538. The molecule has 3 heteroatoms. The summed E-state index contributed by atoms with van der Waals surface area (Å²) in [7, 11) is 5.57. The number of hydrogen-bond donors (Lipinski definition) is 0. The minimum Gasteiger partial charge on any atom is -0.285 e. The van der Waals surface area contributed by atoms with E-state index in [2.05, 4.69) is 0 Å². The van der Waals surface area contributed by atoms with Crippen molar-refractivity contribution in [3.63, 3.8) is 0 Å². The number of ketones is 2. The van der Waals surface area contributed by atoms with Crippen LogP contribution in [0.3, 0.4) is 0 Å². The van der Waals surface area contributed by atoms with Gasteiger partial charge in [0.1, 0.15) is 7.85 Å². The van der Waals surface area contributed by atoms with Crippen LogP contribution in [-0.2, 0) is 0 Å². The van der Waals surface area contributed by atoms with Crippen molar-refractivity contribution in [1.29, 1.82) is 0 Å². The van der Waals surface area contributed by atoms with Crippen LogP contribution < -0.4 is 5.46 Å². The Bertz CT molecular complexity index is 561. The van der Waals surface area contributed by atoms with Crippen molar-refractivity contribution < 1.29 is 9.59 Å². The van der Waals surface area contributed by atoms with Gasteiger partial charge in [-0.25, -0.2) is 0 Å². The summed E-state index contributed by atoms with van der Waals surface area (Å²) < 4.78 is 0. The summed E-state index contributed by atoms with van der Waals surface area (Å²) in [6.45, 7) is 0. The molecule has 2 rings (SSSR count). The normalized spacial score (nSPS) is 9.88. The van der Waals surface area contributed by atoms with E-state index in [0.717, 1.165) is 0 Å². The number of hydrogen-bond acceptors (Lipinski definition) is 2. The highest BCUT2D eigenvalue weighted by Crippen LogP contribution is 2.06. The number of Topliss-reactive ketones (excluding diaryl/α,β-unsaturated/α-hetero) is 2. The lowest BCUT2D eigenvalue weighted by Gasteiger charge is -2.01. The van der Waals surface area contributed by atoms with E-state index in [0.29, 0.717) is 16.6 Å². The average Bonchev–Trinajstić information content (AvgIpc) is 2.38. The third kappa shape index (κ3) is 2.51. The second-order valence-electron chi connectivity index (χ2n) is 3.65. The third-order valence-electron chi connectivity index (χ3n) is 2.39. The van der Waals surface area contributed by atoms with Crippen LogP contribution in [0, 0.1) is 0 Å². The van der Waals surface area contributed by atoms with Gasteiger partial charge in [0.25, 0.3) is 0 Å². The summed E-state index contributed by atoms with van der Waals surface area (Å²) in [4.78, 5) is 23.8. The highest BCUT2D eigenvalue weighted by atomic mass is 16.2. The molecule has 80 valence electrons. The molecule has 0 heterocycles. The second kappa shape index (κ2) is 4.79. The van der Waals surface area contributed by atoms with Crippen LogP contribution in [0.2, 0.25) is 0 Å². The molecule has 2 radical (unpaired) electrons.